The molecule has 106 valence electrons. The van der Waals surface area contributed by atoms with Crippen LogP contribution >= 0.6 is 0 Å². The number of rotatable bonds is 4. The topological polar surface area (TPSA) is 3.24 Å². The molecule has 1 nitrogen and oxygen atoms in total. The van der Waals surface area contributed by atoms with E-state index in [0.29, 0.717) is 0 Å². The molecule has 2 aromatic carbocycles. The van der Waals surface area contributed by atoms with E-state index in [0.717, 1.165) is 13.1 Å². The summed E-state index contributed by atoms with van der Waals surface area (Å²) in [6.07, 6.45) is 0. The van der Waals surface area contributed by atoms with Gasteiger partial charge < -0.3 is 0 Å². The van der Waals surface area contributed by atoms with Crippen LogP contribution in [0.25, 0.3) is 0 Å². The molecule has 0 aromatic heterocycles. The molecule has 2 aromatic rings. The molecule has 0 fully saturated rings. The average Bonchev–Trinajstić information content (AvgIpc) is 2.39. The first-order valence-corrected chi connectivity index (χ1v) is 7.27. The molecular formula is C19H25N. The Balaban J connectivity index is 1.96. The molecular weight excluding hydrogens is 242 g/mol. The Hall–Kier alpha value is -1.60. The molecule has 0 amide bonds. The Morgan fingerprint density at radius 3 is 1.75 bits per heavy atom. The van der Waals surface area contributed by atoms with Crippen molar-refractivity contribution < 1.29 is 0 Å². The molecule has 0 saturated heterocycles. The lowest BCUT2D eigenvalue weighted by Gasteiger charge is -2.20. The molecule has 0 heterocycles. The summed E-state index contributed by atoms with van der Waals surface area (Å²) in [6, 6.07) is 19.6. The van der Waals surface area contributed by atoms with Gasteiger partial charge >= 0.3 is 0 Å². The molecule has 1 heteroatoms. The van der Waals surface area contributed by atoms with E-state index in [4.69, 9.17) is 0 Å². The van der Waals surface area contributed by atoms with Gasteiger partial charge in [-0.3, -0.25) is 4.90 Å². The lowest BCUT2D eigenvalue weighted by Crippen LogP contribution is -2.17. The summed E-state index contributed by atoms with van der Waals surface area (Å²) in [4.78, 5) is 2.35. The average molecular weight is 267 g/mol. The highest BCUT2D eigenvalue weighted by Gasteiger charge is 2.13. The predicted octanol–water partition coefficient (Wildman–Crippen LogP) is 4.62. The van der Waals surface area contributed by atoms with Crippen molar-refractivity contribution in [2.75, 3.05) is 7.05 Å². The Bertz CT molecular complexity index is 520. The van der Waals surface area contributed by atoms with Crippen molar-refractivity contribution in [3.8, 4) is 0 Å². The minimum atomic E-state index is 0.231. The van der Waals surface area contributed by atoms with E-state index in [2.05, 4.69) is 87.3 Å². The smallest absolute Gasteiger partial charge is 0.0234 e. The maximum absolute atomic E-state index is 2.35. The van der Waals surface area contributed by atoms with Crippen LogP contribution in [0.2, 0.25) is 0 Å². The highest BCUT2D eigenvalue weighted by atomic mass is 15.1. The number of benzene rings is 2. The van der Waals surface area contributed by atoms with Crippen molar-refractivity contribution >= 4 is 0 Å². The van der Waals surface area contributed by atoms with Crippen LogP contribution in [0.3, 0.4) is 0 Å². The fourth-order valence-corrected chi connectivity index (χ4v) is 2.37. The molecule has 0 N–H and O–H groups in total. The van der Waals surface area contributed by atoms with Crippen LogP contribution in [-0.2, 0) is 18.5 Å². The number of hydrogen-bond donors (Lipinski definition) is 0. The monoisotopic (exact) mass is 267 g/mol. The fraction of sp³-hybridized carbons (Fsp3) is 0.368. The van der Waals surface area contributed by atoms with Gasteiger partial charge in [-0.05, 0) is 29.2 Å². The SMILES string of the molecule is CN(Cc1ccccc1)Cc1ccc(C(C)(C)C)cc1. The zero-order valence-electron chi connectivity index (χ0n) is 13.1. The zero-order valence-corrected chi connectivity index (χ0v) is 13.1. The second-order valence-corrected chi connectivity index (χ2v) is 6.60. The van der Waals surface area contributed by atoms with Gasteiger partial charge in [-0.1, -0.05) is 75.4 Å². The predicted molar refractivity (Wildman–Crippen MR) is 86.8 cm³/mol. The van der Waals surface area contributed by atoms with E-state index in [1.54, 1.807) is 0 Å². The first-order chi connectivity index (χ1) is 9.45. The van der Waals surface area contributed by atoms with E-state index in [1.165, 1.54) is 16.7 Å². The molecule has 0 atom stereocenters. The lowest BCUT2D eigenvalue weighted by molar-refractivity contribution is 0.319. The second kappa shape index (κ2) is 6.23. The van der Waals surface area contributed by atoms with Crippen molar-refractivity contribution in [2.24, 2.45) is 0 Å². The van der Waals surface area contributed by atoms with Crippen LogP contribution in [0.1, 0.15) is 37.5 Å². The molecule has 0 spiro atoms. The molecule has 0 aliphatic heterocycles. The minimum absolute atomic E-state index is 0.231. The molecule has 0 saturated carbocycles. The van der Waals surface area contributed by atoms with Gasteiger partial charge in [0.2, 0.25) is 0 Å². The summed E-state index contributed by atoms with van der Waals surface area (Å²) in [6.45, 7) is 8.73. The van der Waals surface area contributed by atoms with Gasteiger partial charge in [-0.25, -0.2) is 0 Å². The van der Waals surface area contributed by atoms with Crippen LogP contribution in [-0.4, -0.2) is 11.9 Å². The van der Waals surface area contributed by atoms with Gasteiger partial charge in [0.25, 0.3) is 0 Å². The number of hydrogen-bond acceptors (Lipinski definition) is 1. The van der Waals surface area contributed by atoms with Gasteiger partial charge in [-0.2, -0.15) is 0 Å². The third-order valence-electron chi connectivity index (χ3n) is 3.57. The normalized spacial score (nSPS) is 11.8. The van der Waals surface area contributed by atoms with Gasteiger partial charge in [0, 0.05) is 13.1 Å². The first kappa shape index (κ1) is 14.8. The minimum Gasteiger partial charge on any atom is -0.298 e. The summed E-state index contributed by atoms with van der Waals surface area (Å²) in [7, 11) is 2.17. The molecule has 0 aliphatic rings. The van der Waals surface area contributed by atoms with Crippen molar-refractivity contribution in [1.29, 1.82) is 0 Å². The van der Waals surface area contributed by atoms with Crippen LogP contribution in [0.5, 0.6) is 0 Å². The second-order valence-electron chi connectivity index (χ2n) is 6.60. The van der Waals surface area contributed by atoms with E-state index in [-0.39, 0.29) is 5.41 Å². The van der Waals surface area contributed by atoms with Gasteiger partial charge in [0.1, 0.15) is 0 Å². The summed E-state index contributed by atoms with van der Waals surface area (Å²) in [5.74, 6) is 0. The molecule has 0 aliphatic carbocycles. The molecule has 0 unspecified atom stereocenters. The van der Waals surface area contributed by atoms with Crippen LogP contribution in [0.4, 0.5) is 0 Å². The highest BCUT2D eigenvalue weighted by Crippen LogP contribution is 2.22. The molecule has 0 bridgehead atoms. The maximum atomic E-state index is 2.35. The van der Waals surface area contributed by atoms with Crippen molar-refractivity contribution in [3.05, 3.63) is 71.3 Å². The van der Waals surface area contributed by atoms with Crippen molar-refractivity contribution in [3.63, 3.8) is 0 Å². The maximum Gasteiger partial charge on any atom is 0.0234 e. The third-order valence-corrected chi connectivity index (χ3v) is 3.57. The summed E-state index contributed by atoms with van der Waals surface area (Å²) in [5, 5.41) is 0. The van der Waals surface area contributed by atoms with Gasteiger partial charge in [0.05, 0.1) is 0 Å². The van der Waals surface area contributed by atoms with Crippen molar-refractivity contribution in [1.82, 2.24) is 4.90 Å². The fourth-order valence-electron chi connectivity index (χ4n) is 2.37. The quantitative estimate of drug-likeness (QED) is 0.781. The first-order valence-electron chi connectivity index (χ1n) is 7.27. The van der Waals surface area contributed by atoms with E-state index < -0.39 is 0 Å². The van der Waals surface area contributed by atoms with Crippen molar-refractivity contribution in [2.45, 2.75) is 39.3 Å². The summed E-state index contributed by atoms with van der Waals surface area (Å²) >= 11 is 0. The van der Waals surface area contributed by atoms with Crippen LogP contribution in [0.15, 0.2) is 54.6 Å². The Labute approximate surface area is 123 Å². The largest absolute Gasteiger partial charge is 0.298 e. The van der Waals surface area contributed by atoms with E-state index in [9.17, 15) is 0 Å². The van der Waals surface area contributed by atoms with Crippen LogP contribution < -0.4 is 0 Å². The van der Waals surface area contributed by atoms with Crippen LogP contribution in [0, 0.1) is 0 Å². The summed E-state index contributed by atoms with van der Waals surface area (Å²) < 4.78 is 0. The number of nitrogens with zero attached hydrogens (tertiary/aromatic N) is 1. The third kappa shape index (κ3) is 4.21. The van der Waals surface area contributed by atoms with E-state index in [1.807, 2.05) is 0 Å². The van der Waals surface area contributed by atoms with Gasteiger partial charge in [-0.15, -0.1) is 0 Å². The lowest BCUT2D eigenvalue weighted by atomic mass is 9.87. The van der Waals surface area contributed by atoms with Gasteiger partial charge in [0.15, 0.2) is 0 Å². The molecule has 2 rings (SSSR count). The Morgan fingerprint density at radius 1 is 0.750 bits per heavy atom. The standard InChI is InChI=1S/C19H25N/c1-19(2,3)18-12-10-17(11-13-18)15-20(4)14-16-8-6-5-7-9-16/h5-13H,14-15H2,1-4H3. The zero-order chi connectivity index (χ0) is 14.6. The summed E-state index contributed by atoms with van der Waals surface area (Å²) in [5.41, 5.74) is 4.36. The Kier molecular flexibility index (Phi) is 4.61. The Morgan fingerprint density at radius 2 is 1.25 bits per heavy atom. The van der Waals surface area contributed by atoms with E-state index >= 15 is 0 Å². The molecule has 0 radical (unpaired) electrons. The highest BCUT2D eigenvalue weighted by molar-refractivity contribution is 5.27. The molecule has 20 heavy (non-hydrogen) atoms.